The average molecular weight is 395 g/mol. The smallest absolute Gasteiger partial charge is 0.349 e. The van der Waals surface area contributed by atoms with Gasteiger partial charge in [-0.2, -0.15) is 0 Å². The van der Waals surface area contributed by atoms with Crippen LogP contribution in [0.1, 0.15) is 32.5 Å². The van der Waals surface area contributed by atoms with Gasteiger partial charge in [0.15, 0.2) is 0 Å². The summed E-state index contributed by atoms with van der Waals surface area (Å²) in [6.07, 6.45) is -1.08. The largest absolute Gasteiger partial charge is 0.495 e. The van der Waals surface area contributed by atoms with Crippen LogP contribution in [0.15, 0.2) is 60.0 Å². The van der Waals surface area contributed by atoms with Crippen LogP contribution in [0.25, 0.3) is 0 Å². The molecule has 0 spiro atoms. The number of anilines is 1. The van der Waals surface area contributed by atoms with Crippen molar-refractivity contribution in [1.82, 2.24) is 0 Å². The molecule has 0 radical (unpaired) electrons. The van der Waals surface area contributed by atoms with Gasteiger partial charge in [-0.3, -0.25) is 4.79 Å². The van der Waals surface area contributed by atoms with Crippen molar-refractivity contribution >= 4 is 28.9 Å². The van der Waals surface area contributed by atoms with Crippen LogP contribution in [0, 0.1) is 13.8 Å². The summed E-state index contributed by atoms with van der Waals surface area (Å²) in [5, 5.41) is 4.65. The Hall–Kier alpha value is -3.12. The van der Waals surface area contributed by atoms with E-state index in [1.165, 1.54) is 18.4 Å². The number of carbonyl (C=O) groups is 2. The second kappa shape index (κ2) is 8.71. The minimum absolute atomic E-state index is 0.447. The third-order valence-electron chi connectivity index (χ3n) is 4.23. The van der Waals surface area contributed by atoms with Gasteiger partial charge >= 0.3 is 5.97 Å². The molecule has 0 saturated carbocycles. The van der Waals surface area contributed by atoms with Gasteiger partial charge in [-0.25, -0.2) is 4.79 Å². The third kappa shape index (κ3) is 4.40. The van der Waals surface area contributed by atoms with Gasteiger partial charge in [0.25, 0.3) is 5.91 Å². The Kier molecular flexibility index (Phi) is 6.11. The standard InChI is InChI=1S/C22H21NO4S/c1-14-9-10-18(26-3)17(13-14)23-21(24)19(16-7-5-4-6-8-16)27-22(25)20-15(2)11-12-28-20/h4-13,19H,1-3H3,(H,23,24)/t19-/m0/s1. The van der Waals surface area contributed by atoms with Crippen LogP contribution in [0.3, 0.4) is 0 Å². The summed E-state index contributed by atoms with van der Waals surface area (Å²) in [5.74, 6) is -0.434. The van der Waals surface area contributed by atoms with E-state index in [0.29, 0.717) is 21.9 Å². The number of rotatable bonds is 6. The molecule has 1 aromatic heterocycles. The number of methoxy groups -OCH3 is 1. The van der Waals surface area contributed by atoms with Crippen LogP contribution in [0.2, 0.25) is 0 Å². The molecular weight excluding hydrogens is 374 g/mol. The van der Waals surface area contributed by atoms with Crippen molar-refractivity contribution in [3.05, 3.63) is 81.5 Å². The summed E-state index contributed by atoms with van der Waals surface area (Å²) in [6.45, 7) is 3.76. The van der Waals surface area contributed by atoms with Gasteiger partial charge in [-0.15, -0.1) is 11.3 Å². The lowest BCUT2D eigenvalue weighted by molar-refractivity contribution is -0.125. The summed E-state index contributed by atoms with van der Waals surface area (Å²) in [5.41, 5.74) is 2.91. The Bertz CT molecular complexity index is 981. The van der Waals surface area contributed by atoms with Gasteiger partial charge in [0, 0.05) is 5.56 Å². The van der Waals surface area contributed by atoms with E-state index in [9.17, 15) is 9.59 Å². The number of nitrogens with one attached hydrogen (secondary N) is 1. The van der Waals surface area contributed by atoms with Gasteiger partial charge in [-0.05, 0) is 48.6 Å². The van der Waals surface area contributed by atoms with E-state index in [1.54, 1.807) is 30.3 Å². The number of benzene rings is 2. The highest BCUT2D eigenvalue weighted by atomic mass is 32.1. The summed E-state index contributed by atoms with van der Waals surface area (Å²) in [4.78, 5) is 26.2. The maximum absolute atomic E-state index is 13.0. The predicted octanol–water partition coefficient (Wildman–Crippen LogP) is 4.91. The number of hydrogen-bond donors (Lipinski definition) is 1. The second-order valence-corrected chi connectivity index (χ2v) is 7.24. The second-order valence-electron chi connectivity index (χ2n) is 6.32. The third-order valence-corrected chi connectivity index (χ3v) is 5.22. The molecule has 6 heteroatoms. The molecule has 1 heterocycles. The van der Waals surface area contributed by atoms with Crippen molar-refractivity contribution in [1.29, 1.82) is 0 Å². The highest BCUT2D eigenvalue weighted by Gasteiger charge is 2.27. The van der Waals surface area contributed by atoms with Crippen LogP contribution in [0.4, 0.5) is 5.69 Å². The molecule has 0 saturated heterocycles. The molecule has 28 heavy (non-hydrogen) atoms. The lowest BCUT2D eigenvalue weighted by Gasteiger charge is -2.19. The lowest BCUT2D eigenvalue weighted by atomic mass is 10.1. The lowest BCUT2D eigenvalue weighted by Crippen LogP contribution is -2.26. The van der Waals surface area contributed by atoms with Crippen molar-refractivity contribution < 1.29 is 19.1 Å². The zero-order chi connectivity index (χ0) is 20.1. The number of aryl methyl sites for hydroxylation is 2. The van der Waals surface area contributed by atoms with E-state index < -0.39 is 18.0 Å². The number of ether oxygens (including phenoxy) is 2. The zero-order valence-corrected chi connectivity index (χ0v) is 16.7. The number of thiophene rings is 1. The van der Waals surface area contributed by atoms with E-state index in [0.717, 1.165) is 11.1 Å². The van der Waals surface area contributed by atoms with Crippen LogP contribution in [-0.2, 0) is 9.53 Å². The molecule has 0 aliphatic rings. The SMILES string of the molecule is COc1ccc(C)cc1NC(=O)[C@@H](OC(=O)c1sccc1C)c1ccccc1. The molecule has 3 rings (SSSR count). The van der Waals surface area contributed by atoms with E-state index in [1.807, 2.05) is 43.5 Å². The first kappa shape index (κ1) is 19.6. The normalized spacial score (nSPS) is 11.5. The number of esters is 1. The van der Waals surface area contributed by atoms with Crippen molar-refractivity contribution in [2.75, 3.05) is 12.4 Å². The molecule has 2 aromatic carbocycles. The molecule has 0 fully saturated rings. The fourth-order valence-electron chi connectivity index (χ4n) is 2.76. The molecule has 0 bridgehead atoms. The maximum atomic E-state index is 13.0. The Morgan fingerprint density at radius 1 is 1.04 bits per heavy atom. The molecule has 0 aliphatic heterocycles. The van der Waals surface area contributed by atoms with Crippen LogP contribution < -0.4 is 10.1 Å². The molecule has 144 valence electrons. The topological polar surface area (TPSA) is 64.6 Å². The van der Waals surface area contributed by atoms with Crippen molar-refractivity contribution in [3.8, 4) is 5.75 Å². The van der Waals surface area contributed by atoms with E-state index in [-0.39, 0.29) is 0 Å². The Balaban J connectivity index is 1.89. The zero-order valence-electron chi connectivity index (χ0n) is 15.9. The maximum Gasteiger partial charge on any atom is 0.349 e. The number of carbonyl (C=O) groups excluding carboxylic acids is 2. The van der Waals surface area contributed by atoms with Crippen LogP contribution in [-0.4, -0.2) is 19.0 Å². The fourth-order valence-corrected chi connectivity index (χ4v) is 3.57. The Morgan fingerprint density at radius 3 is 2.43 bits per heavy atom. The number of hydrogen-bond acceptors (Lipinski definition) is 5. The number of amides is 1. The summed E-state index contributed by atoms with van der Waals surface area (Å²) < 4.78 is 10.9. The highest BCUT2D eigenvalue weighted by molar-refractivity contribution is 7.12. The Morgan fingerprint density at radius 2 is 1.79 bits per heavy atom. The molecule has 1 atom stereocenters. The average Bonchev–Trinajstić information content (AvgIpc) is 3.13. The van der Waals surface area contributed by atoms with E-state index in [2.05, 4.69) is 5.32 Å². The summed E-state index contributed by atoms with van der Waals surface area (Å²) >= 11 is 1.29. The first-order valence-electron chi connectivity index (χ1n) is 8.75. The van der Waals surface area contributed by atoms with Gasteiger partial charge in [0.1, 0.15) is 10.6 Å². The molecule has 3 aromatic rings. The molecule has 1 N–H and O–H groups in total. The quantitative estimate of drug-likeness (QED) is 0.602. The monoisotopic (exact) mass is 395 g/mol. The first-order valence-corrected chi connectivity index (χ1v) is 9.63. The van der Waals surface area contributed by atoms with Crippen molar-refractivity contribution in [3.63, 3.8) is 0 Å². The van der Waals surface area contributed by atoms with Crippen molar-refractivity contribution in [2.45, 2.75) is 20.0 Å². The minimum atomic E-state index is -1.08. The molecular formula is C22H21NO4S. The van der Waals surface area contributed by atoms with E-state index >= 15 is 0 Å². The first-order chi connectivity index (χ1) is 13.5. The Labute approximate surface area is 167 Å². The van der Waals surface area contributed by atoms with E-state index in [4.69, 9.17) is 9.47 Å². The predicted molar refractivity (Wildman–Crippen MR) is 110 cm³/mol. The fraction of sp³-hybridized carbons (Fsp3) is 0.182. The van der Waals surface area contributed by atoms with Crippen LogP contribution >= 0.6 is 11.3 Å². The summed E-state index contributed by atoms with van der Waals surface area (Å²) in [7, 11) is 1.54. The summed E-state index contributed by atoms with van der Waals surface area (Å²) in [6, 6.07) is 16.3. The molecule has 1 amide bonds. The minimum Gasteiger partial charge on any atom is -0.495 e. The molecule has 0 aliphatic carbocycles. The molecule has 0 unspecified atom stereocenters. The van der Waals surface area contributed by atoms with Gasteiger partial charge in [-0.1, -0.05) is 36.4 Å². The van der Waals surface area contributed by atoms with Gasteiger partial charge in [0.05, 0.1) is 12.8 Å². The van der Waals surface area contributed by atoms with Crippen molar-refractivity contribution in [2.24, 2.45) is 0 Å². The molecule has 5 nitrogen and oxygen atoms in total. The van der Waals surface area contributed by atoms with Gasteiger partial charge < -0.3 is 14.8 Å². The highest BCUT2D eigenvalue weighted by Crippen LogP contribution is 2.29. The van der Waals surface area contributed by atoms with Gasteiger partial charge in [0.2, 0.25) is 6.10 Å². The van der Waals surface area contributed by atoms with Crippen LogP contribution in [0.5, 0.6) is 5.75 Å².